The second-order valence-corrected chi connectivity index (χ2v) is 10.1. The first-order chi connectivity index (χ1) is 20.3. The summed E-state index contributed by atoms with van der Waals surface area (Å²) in [5, 5.41) is 4.08. The van der Waals surface area contributed by atoms with Crippen molar-refractivity contribution in [2.24, 2.45) is 4.99 Å². The second kappa shape index (κ2) is 11.3. The predicted octanol–water partition coefficient (Wildman–Crippen LogP) is 7.55. The van der Waals surface area contributed by atoms with Crippen LogP contribution in [0.2, 0.25) is 0 Å². The summed E-state index contributed by atoms with van der Waals surface area (Å²) in [6.45, 7) is 0. The third-order valence-electron chi connectivity index (χ3n) is 7.21. The lowest BCUT2D eigenvalue weighted by Gasteiger charge is -2.22. The number of nitrogens with zero attached hydrogens (tertiary/aromatic N) is 4. The van der Waals surface area contributed by atoms with E-state index in [0.717, 1.165) is 25.7 Å². The minimum Gasteiger partial charge on any atom is -0.480 e. The van der Waals surface area contributed by atoms with Crippen molar-refractivity contribution in [3.8, 4) is 28.7 Å². The topological polar surface area (TPSA) is 73.6 Å². The standard InChI is InChI=1S/C31H27F4N5O2/c1-41-30-24(8-5-15-36-30)39-25-17-27-29(18-26(25)37-20-6-3-2-4-7-20)40(28-16-19(32)9-14-23(28)38-27)21-10-12-22(13-11-21)42-31(33,34)35/h5,8-18,20,39H,2-4,6-7H2,1H3. The summed E-state index contributed by atoms with van der Waals surface area (Å²) in [5.74, 6) is -0.409. The minimum atomic E-state index is -4.82. The van der Waals surface area contributed by atoms with Crippen molar-refractivity contribution in [3.63, 3.8) is 0 Å². The van der Waals surface area contributed by atoms with Gasteiger partial charge in [0.05, 0.1) is 46.6 Å². The van der Waals surface area contributed by atoms with E-state index in [2.05, 4.69) is 15.0 Å². The first-order valence-corrected chi connectivity index (χ1v) is 13.6. The van der Waals surface area contributed by atoms with Crippen molar-refractivity contribution in [1.82, 2.24) is 14.5 Å². The summed E-state index contributed by atoms with van der Waals surface area (Å²) in [4.78, 5) is 14.2. The molecule has 2 aromatic carbocycles. The first-order valence-electron chi connectivity index (χ1n) is 13.6. The molecule has 11 heteroatoms. The molecule has 6 rings (SSSR count). The fourth-order valence-electron chi connectivity index (χ4n) is 5.35. The van der Waals surface area contributed by atoms with Crippen LogP contribution in [0.1, 0.15) is 32.1 Å². The van der Waals surface area contributed by atoms with Crippen molar-refractivity contribution < 1.29 is 27.0 Å². The number of fused-ring (bicyclic) bond motifs is 2. The van der Waals surface area contributed by atoms with Crippen LogP contribution in [-0.4, -0.2) is 34.0 Å². The van der Waals surface area contributed by atoms with Crippen molar-refractivity contribution in [3.05, 3.63) is 84.1 Å². The van der Waals surface area contributed by atoms with Gasteiger partial charge >= 0.3 is 6.36 Å². The summed E-state index contributed by atoms with van der Waals surface area (Å²) in [6, 6.07) is 17.2. The number of alkyl halides is 3. The minimum absolute atomic E-state index is 0.130. The van der Waals surface area contributed by atoms with Crippen molar-refractivity contribution in [2.45, 2.75) is 44.5 Å². The highest BCUT2D eigenvalue weighted by atomic mass is 19.4. The van der Waals surface area contributed by atoms with Crippen molar-refractivity contribution in [1.29, 1.82) is 0 Å². The number of ether oxygens (including phenoxy) is 2. The molecule has 3 aliphatic rings. The number of hydrogen-bond acceptors (Lipinski definition) is 6. The van der Waals surface area contributed by atoms with E-state index in [-0.39, 0.29) is 11.8 Å². The SMILES string of the molecule is COc1ncccc1Nc1cc2nc3ccc(F)cc3n(-c3ccc(OC(F)(F)F)cc3)c-2cc1=NC1CCCCC1. The van der Waals surface area contributed by atoms with Crippen LogP contribution in [0.25, 0.3) is 28.1 Å². The van der Waals surface area contributed by atoms with E-state index in [9.17, 15) is 17.6 Å². The average Bonchev–Trinajstić information content (AvgIpc) is 2.97. The van der Waals surface area contributed by atoms with Gasteiger partial charge in [0.1, 0.15) is 17.3 Å². The van der Waals surface area contributed by atoms with Crippen molar-refractivity contribution in [2.75, 3.05) is 12.4 Å². The zero-order valence-corrected chi connectivity index (χ0v) is 22.7. The molecule has 0 atom stereocenters. The molecule has 0 bridgehead atoms. The maximum atomic E-state index is 14.5. The molecule has 216 valence electrons. The lowest BCUT2D eigenvalue weighted by molar-refractivity contribution is -0.274. The van der Waals surface area contributed by atoms with Gasteiger partial charge in [-0.2, -0.15) is 0 Å². The summed E-state index contributed by atoms with van der Waals surface area (Å²) in [7, 11) is 1.54. The monoisotopic (exact) mass is 577 g/mol. The number of pyridine rings is 1. The molecule has 1 aliphatic heterocycles. The zero-order valence-electron chi connectivity index (χ0n) is 22.7. The van der Waals surface area contributed by atoms with Gasteiger partial charge in [0.2, 0.25) is 5.88 Å². The quantitative estimate of drug-likeness (QED) is 0.167. The Morgan fingerprint density at radius 3 is 2.48 bits per heavy atom. The fraction of sp³-hybridized carbons (Fsp3) is 0.258. The summed E-state index contributed by atoms with van der Waals surface area (Å²) < 4.78 is 64.2. The molecule has 2 aliphatic carbocycles. The summed E-state index contributed by atoms with van der Waals surface area (Å²) >= 11 is 0. The fourth-order valence-corrected chi connectivity index (χ4v) is 5.35. The van der Waals surface area contributed by atoms with Crippen LogP contribution in [-0.2, 0) is 0 Å². The highest BCUT2D eigenvalue weighted by molar-refractivity contribution is 5.84. The molecule has 0 amide bonds. The van der Waals surface area contributed by atoms with Gasteiger partial charge in [-0.1, -0.05) is 19.3 Å². The van der Waals surface area contributed by atoms with Crippen molar-refractivity contribution >= 4 is 22.4 Å². The van der Waals surface area contributed by atoms with Crippen LogP contribution in [0.5, 0.6) is 11.6 Å². The maximum Gasteiger partial charge on any atom is 0.573 e. The number of nitrogens with one attached hydrogen (secondary N) is 1. The molecule has 0 saturated heterocycles. The van der Waals surface area contributed by atoms with Crippen LogP contribution in [0.4, 0.5) is 28.9 Å². The van der Waals surface area contributed by atoms with Gasteiger partial charge < -0.3 is 19.4 Å². The third kappa shape index (κ3) is 5.86. The van der Waals surface area contributed by atoms with E-state index >= 15 is 0 Å². The van der Waals surface area contributed by atoms with Crippen LogP contribution in [0, 0.1) is 5.82 Å². The highest BCUT2D eigenvalue weighted by Crippen LogP contribution is 2.33. The molecule has 0 radical (unpaired) electrons. The Kier molecular flexibility index (Phi) is 7.40. The molecule has 7 nitrogen and oxygen atoms in total. The Hall–Kier alpha value is -4.67. The van der Waals surface area contributed by atoms with Gasteiger partial charge in [-0.15, -0.1) is 13.2 Å². The normalized spacial score (nSPS) is 14.8. The molecule has 1 fully saturated rings. The molecule has 42 heavy (non-hydrogen) atoms. The lowest BCUT2D eigenvalue weighted by Crippen LogP contribution is -2.20. The predicted molar refractivity (Wildman–Crippen MR) is 151 cm³/mol. The molecule has 2 heterocycles. The van der Waals surface area contributed by atoms with E-state index in [1.165, 1.54) is 42.8 Å². The van der Waals surface area contributed by atoms with Crippen LogP contribution >= 0.6 is 0 Å². The summed E-state index contributed by atoms with van der Waals surface area (Å²) in [5.41, 5.74) is 3.97. The van der Waals surface area contributed by atoms with Gasteiger partial charge in [0.25, 0.3) is 0 Å². The number of rotatable bonds is 6. The smallest absolute Gasteiger partial charge is 0.480 e. The molecular weight excluding hydrogens is 550 g/mol. The lowest BCUT2D eigenvalue weighted by atomic mass is 9.96. The van der Waals surface area contributed by atoms with Crippen LogP contribution in [0.3, 0.4) is 0 Å². The Balaban J connectivity index is 1.58. The number of benzene rings is 3. The number of methoxy groups -OCH3 is 1. The van der Waals surface area contributed by atoms with Gasteiger partial charge in [-0.05, 0) is 73.5 Å². The molecule has 1 saturated carbocycles. The van der Waals surface area contributed by atoms with E-state index in [1.807, 2.05) is 18.2 Å². The van der Waals surface area contributed by atoms with Gasteiger partial charge in [0, 0.05) is 18.0 Å². The molecule has 0 unspecified atom stereocenters. The molecule has 3 aromatic rings. The number of halogens is 4. The third-order valence-corrected chi connectivity index (χ3v) is 7.21. The molecule has 1 N–H and O–H groups in total. The van der Waals surface area contributed by atoms with Gasteiger partial charge in [0.15, 0.2) is 0 Å². The Morgan fingerprint density at radius 2 is 1.74 bits per heavy atom. The Bertz CT molecular complexity index is 1760. The van der Waals surface area contributed by atoms with Crippen LogP contribution in [0.15, 0.2) is 77.9 Å². The van der Waals surface area contributed by atoms with E-state index in [4.69, 9.17) is 14.7 Å². The largest absolute Gasteiger partial charge is 0.573 e. The Morgan fingerprint density at radius 1 is 0.952 bits per heavy atom. The van der Waals surface area contributed by atoms with Gasteiger partial charge in [-0.3, -0.25) is 4.99 Å². The number of hydrogen-bond donors (Lipinski definition) is 1. The maximum absolute atomic E-state index is 14.5. The number of aromatic nitrogens is 3. The second-order valence-electron chi connectivity index (χ2n) is 10.1. The average molecular weight is 578 g/mol. The molecule has 1 aromatic heterocycles. The molecular formula is C31H27F4N5O2. The summed E-state index contributed by atoms with van der Waals surface area (Å²) in [6.07, 6.45) is 2.13. The number of anilines is 2. The zero-order chi connectivity index (χ0) is 29.3. The van der Waals surface area contributed by atoms with E-state index in [0.29, 0.717) is 50.7 Å². The highest BCUT2D eigenvalue weighted by Gasteiger charge is 2.31. The van der Waals surface area contributed by atoms with E-state index < -0.39 is 12.2 Å². The Labute approximate surface area is 238 Å². The first kappa shape index (κ1) is 27.5. The van der Waals surface area contributed by atoms with Gasteiger partial charge in [-0.25, -0.2) is 14.4 Å². The van der Waals surface area contributed by atoms with E-state index in [1.54, 1.807) is 30.0 Å². The molecule has 0 spiro atoms. The van der Waals surface area contributed by atoms with Crippen LogP contribution < -0.4 is 20.1 Å².